The molecule has 2 aromatic carbocycles. The molecule has 110 valence electrons. The zero-order chi connectivity index (χ0) is 15.0. The van der Waals surface area contributed by atoms with E-state index in [0.717, 1.165) is 27.1 Å². The molecule has 0 fully saturated rings. The highest BCUT2D eigenvalue weighted by molar-refractivity contribution is 9.10. The van der Waals surface area contributed by atoms with E-state index in [2.05, 4.69) is 15.9 Å². The van der Waals surface area contributed by atoms with Crippen LogP contribution in [0.25, 0.3) is 0 Å². The SMILES string of the molecule is COc1ccc(C2C[C@H](N)c3cc(Cl)ccc3O2)cc1Br. The van der Waals surface area contributed by atoms with E-state index in [0.29, 0.717) is 11.4 Å². The van der Waals surface area contributed by atoms with Gasteiger partial charge in [0.05, 0.1) is 11.6 Å². The average molecular weight is 369 g/mol. The van der Waals surface area contributed by atoms with Crippen molar-refractivity contribution in [3.05, 3.63) is 57.0 Å². The lowest BCUT2D eigenvalue weighted by atomic mass is 9.93. The van der Waals surface area contributed by atoms with Gasteiger partial charge in [-0.15, -0.1) is 0 Å². The van der Waals surface area contributed by atoms with Gasteiger partial charge in [-0.25, -0.2) is 0 Å². The molecule has 1 aliphatic rings. The van der Waals surface area contributed by atoms with Crippen molar-refractivity contribution in [2.45, 2.75) is 18.6 Å². The summed E-state index contributed by atoms with van der Waals surface area (Å²) in [6, 6.07) is 11.4. The minimum Gasteiger partial charge on any atom is -0.496 e. The number of hydrogen-bond donors (Lipinski definition) is 1. The average Bonchev–Trinajstić information content (AvgIpc) is 2.47. The number of benzene rings is 2. The third-order valence-electron chi connectivity index (χ3n) is 3.66. The first-order valence-electron chi connectivity index (χ1n) is 6.63. The van der Waals surface area contributed by atoms with E-state index in [9.17, 15) is 0 Å². The van der Waals surface area contributed by atoms with Gasteiger partial charge in [-0.2, -0.15) is 0 Å². The van der Waals surface area contributed by atoms with E-state index in [4.69, 9.17) is 26.8 Å². The van der Waals surface area contributed by atoms with Crippen molar-refractivity contribution < 1.29 is 9.47 Å². The van der Waals surface area contributed by atoms with Crippen LogP contribution in [0.15, 0.2) is 40.9 Å². The molecule has 0 amide bonds. The summed E-state index contributed by atoms with van der Waals surface area (Å²) in [5, 5.41) is 0.679. The van der Waals surface area contributed by atoms with E-state index >= 15 is 0 Å². The summed E-state index contributed by atoms with van der Waals surface area (Å²) in [6.07, 6.45) is 0.641. The van der Waals surface area contributed by atoms with Crippen LogP contribution in [0, 0.1) is 0 Å². The van der Waals surface area contributed by atoms with Gasteiger partial charge >= 0.3 is 0 Å². The van der Waals surface area contributed by atoms with Crippen molar-refractivity contribution in [2.24, 2.45) is 5.73 Å². The molecule has 1 aliphatic heterocycles. The minimum absolute atomic E-state index is 0.0733. The van der Waals surface area contributed by atoms with Gasteiger partial charge < -0.3 is 15.2 Å². The molecule has 2 N–H and O–H groups in total. The monoisotopic (exact) mass is 367 g/mol. The topological polar surface area (TPSA) is 44.5 Å². The normalized spacial score (nSPS) is 20.6. The van der Waals surface area contributed by atoms with Crippen LogP contribution in [0.2, 0.25) is 5.02 Å². The quantitative estimate of drug-likeness (QED) is 0.840. The highest BCUT2D eigenvalue weighted by atomic mass is 79.9. The van der Waals surface area contributed by atoms with Gasteiger partial charge in [0, 0.05) is 23.0 Å². The molecule has 0 bridgehead atoms. The zero-order valence-corrected chi connectivity index (χ0v) is 13.8. The second kappa shape index (κ2) is 5.87. The van der Waals surface area contributed by atoms with Gasteiger partial charge in [-0.3, -0.25) is 0 Å². The number of methoxy groups -OCH3 is 1. The Morgan fingerprint density at radius 1 is 1.29 bits per heavy atom. The number of nitrogens with two attached hydrogens (primary N) is 1. The Morgan fingerprint density at radius 3 is 2.81 bits per heavy atom. The fourth-order valence-electron chi connectivity index (χ4n) is 2.56. The van der Waals surface area contributed by atoms with Crippen molar-refractivity contribution >= 4 is 27.5 Å². The lowest BCUT2D eigenvalue weighted by molar-refractivity contribution is 0.161. The Balaban J connectivity index is 1.92. The first-order chi connectivity index (χ1) is 10.1. The maximum Gasteiger partial charge on any atom is 0.133 e. The standard InChI is InChI=1S/C16H15BrClNO2/c1-20-15-4-2-9(6-12(15)17)16-8-13(19)11-7-10(18)3-5-14(11)21-16/h2-7,13,16H,8,19H2,1H3/t13-,16?/m0/s1. The van der Waals surface area contributed by atoms with Crippen molar-refractivity contribution in [2.75, 3.05) is 7.11 Å². The molecule has 3 rings (SSSR count). The Hall–Kier alpha value is -1.23. The first kappa shape index (κ1) is 14.7. The fourth-order valence-corrected chi connectivity index (χ4v) is 3.30. The molecule has 5 heteroatoms. The predicted molar refractivity (Wildman–Crippen MR) is 87.1 cm³/mol. The summed E-state index contributed by atoms with van der Waals surface area (Å²) < 4.78 is 12.2. The highest BCUT2D eigenvalue weighted by Gasteiger charge is 2.27. The van der Waals surface area contributed by atoms with Gasteiger partial charge in [-0.1, -0.05) is 17.7 Å². The molecular weight excluding hydrogens is 354 g/mol. The Bertz CT molecular complexity index is 677. The molecule has 0 aliphatic carbocycles. The Morgan fingerprint density at radius 2 is 2.10 bits per heavy atom. The predicted octanol–water partition coefficient (Wildman–Crippen LogP) is 4.63. The maximum absolute atomic E-state index is 6.26. The summed E-state index contributed by atoms with van der Waals surface area (Å²) in [5.74, 6) is 1.60. The van der Waals surface area contributed by atoms with Crippen LogP contribution in [0.5, 0.6) is 11.5 Å². The van der Waals surface area contributed by atoms with E-state index < -0.39 is 0 Å². The van der Waals surface area contributed by atoms with Gasteiger partial charge in [0.2, 0.25) is 0 Å². The van der Waals surface area contributed by atoms with Crippen LogP contribution in [-0.2, 0) is 0 Å². The molecule has 3 nitrogen and oxygen atoms in total. The van der Waals surface area contributed by atoms with Gasteiger partial charge in [0.15, 0.2) is 0 Å². The summed E-state index contributed by atoms with van der Waals surface area (Å²) >= 11 is 9.52. The van der Waals surface area contributed by atoms with Crippen molar-refractivity contribution in [1.29, 1.82) is 0 Å². The number of halogens is 2. The molecule has 0 saturated heterocycles. The van der Waals surface area contributed by atoms with Crippen LogP contribution in [0.3, 0.4) is 0 Å². The lowest BCUT2D eigenvalue weighted by Gasteiger charge is -2.31. The summed E-state index contributed by atoms with van der Waals surface area (Å²) in [7, 11) is 1.65. The van der Waals surface area contributed by atoms with Crippen LogP contribution in [0.4, 0.5) is 0 Å². The summed E-state index contributed by atoms with van der Waals surface area (Å²) in [6.45, 7) is 0. The van der Waals surface area contributed by atoms with E-state index in [1.165, 1.54) is 0 Å². The third-order valence-corrected chi connectivity index (χ3v) is 4.51. The largest absolute Gasteiger partial charge is 0.496 e. The molecule has 21 heavy (non-hydrogen) atoms. The van der Waals surface area contributed by atoms with Gasteiger partial charge in [0.1, 0.15) is 17.6 Å². The van der Waals surface area contributed by atoms with Crippen molar-refractivity contribution in [3.63, 3.8) is 0 Å². The van der Waals surface area contributed by atoms with Gasteiger partial charge in [0.25, 0.3) is 0 Å². The first-order valence-corrected chi connectivity index (χ1v) is 7.80. The molecule has 0 radical (unpaired) electrons. The summed E-state index contributed by atoms with van der Waals surface area (Å²) in [4.78, 5) is 0. The minimum atomic E-state index is -0.0849. The summed E-state index contributed by atoms with van der Waals surface area (Å²) in [5.41, 5.74) is 8.29. The fraction of sp³-hybridized carbons (Fsp3) is 0.250. The van der Waals surface area contributed by atoms with E-state index in [1.807, 2.05) is 36.4 Å². The Kier molecular flexibility index (Phi) is 4.11. The second-order valence-corrected chi connectivity index (χ2v) is 6.32. The smallest absolute Gasteiger partial charge is 0.133 e. The maximum atomic E-state index is 6.26. The lowest BCUT2D eigenvalue weighted by Crippen LogP contribution is -2.24. The van der Waals surface area contributed by atoms with Crippen LogP contribution in [-0.4, -0.2) is 7.11 Å². The number of ether oxygens (including phenoxy) is 2. The molecular formula is C16H15BrClNO2. The molecule has 2 aromatic rings. The Labute approximate surface area is 137 Å². The molecule has 2 atom stereocenters. The van der Waals surface area contributed by atoms with E-state index in [-0.39, 0.29) is 12.1 Å². The molecule has 1 heterocycles. The highest BCUT2D eigenvalue weighted by Crippen LogP contribution is 2.41. The molecule has 0 saturated carbocycles. The molecule has 1 unspecified atom stereocenters. The second-order valence-electron chi connectivity index (χ2n) is 5.02. The van der Waals surface area contributed by atoms with Crippen LogP contribution < -0.4 is 15.2 Å². The van der Waals surface area contributed by atoms with Crippen molar-refractivity contribution in [1.82, 2.24) is 0 Å². The third kappa shape index (κ3) is 2.89. The molecule has 0 spiro atoms. The number of hydrogen-bond acceptors (Lipinski definition) is 3. The van der Waals surface area contributed by atoms with Crippen molar-refractivity contribution in [3.8, 4) is 11.5 Å². The van der Waals surface area contributed by atoms with E-state index in [1.54, 1.807) is 7.11 Å². The zero-order valence-electron chi connectivity index (χ0n) is 11.5. The number of rotatable bonds is 2. The van der Waals surface area contributed by atoms with Gasteiger partial charge in [-0.05, 0) is 51.8 Å². The molecule has 0 aromatic heterocycles. The number of fused-ring (bicyclic) bond motifs is 1. The van der Waals surface area contributed by atoms with Crippen LogP contribution >= 0.6 is 27.5 Å². The van der Waals surface area contributed by atoms with Crippen LogP contribution in [0.1, 0.15) is 29.7 Å².